The molecule has 24 heavy (non-hydrogen) atoms. The van der Waals surface area contributed by atoms with Crippen molar-refractivity contribution in [3.63, 3.8) is 0 Å². The predicted octanol–water partition coefficient (Wildman–Crippen LogP) is 2.30. The molecule has 1 aliphatic heterocycles. The Labute approximate surface area is 145 Å². The molecular formula is C18H17ClN2O3. The van der Waals surface area contributed by atoms with Gasteiger partial charge in [-0.25, -0.2) is 0 Å². The summed E-state index contributed by atoms with van der Waals surface area (Å²) in [4.78, 5) is 25.7. The normalized spacial score (nSPS) is 16.0. The van der Waals surface area contributed by atoms with Crippen molar-refractivity contribution in [3.05, 3.63) is 64.7 Å². The summed E-state index contributed by atoms with van der Waals surface area (Å²) in [6, 6.07) is 14.0. The number of nitrogens with zero attached hydrogens (tertiary/aromatic N) is 1. The molecular weight excluding hydrogens is 328 g/mol. The average molecular weight is 345 g/mol. The zero-order chi connectivity index (χ0) is 17.1. The molecule has 1 heterocycles. The lowest BCUT2D eigenvalue weighted by atomic mass is 10.1. The maximum Gasteiger partial charge on any atom is 0.253 e. The van der Waals surface area contributed by atoms with Crippen LogP contribution in [-0.4, -0.2) is 24.5 Å². The van der Waals surface area contributed by atoms with E-state index in [9.17, 15) is 9.59 Å². The van der Waals surface area contributed by atoms with Gasteiger partial charge in [-0.05, 0) is 23.3 Å². The van der Waals surface area contributed by atoms with Crippen molar-refractivity contribution in [3.8, 4) is 0 Å². The first kappa shape index (κ1) is 16.5. The molecule has 3 rings (SSSR count). The highest BCUT2D eigenvalue weighted by Gasteiger charge is 2.36. The molecule has 0 saturated heterocycles. The molecule has 2 N–H and O–H groups in total. The Morgan fingerprint density at radius 2 is 1.88 bits per heavy atom. The van der Waals surface area contributed by atoms with E-state index < -0.39 is 11.9 Å². The first-order valence-electron chi connectivity index (χ1n) is 7.58. The first-order chi connectivity index (χ1) is 11.6. The minimum Gasteiger partial charge on any atom is -0.368 e. The first-order valence-corrected chi connectivity index (χ1v) is 7.96. The van der Waals surface area contributed by atoms with E-state index in [0.717, 1.165) is 11.1 Å². The van der Waals surface area contributed by atoms with E-state index in [2.05, 4.69) is 0 Å². The van der Waals surface area contributed by atoms with Crippen LogP contribution in [-0.2, 0) is 27.4 Å². The van der Waals surface area contributed by atoms with Crippen LogP contribution in [0.4, 0.5) is 5.69 Å². The van der Waals surface area contributed by atoms with Gasteiger partial charge in [0.05, 0.1) is 6.61 Å². The van der Waals surface area contributed by atoms with Gasteiger partial charge < -0.3 is 10.5 Å². The van der Waals surface area contributed by atoms with E-state index in [-0.39, 0.29) is 19.1 Å². The molecule has 0 spiro atoms. The highest BCUT2D eigenvalue weighted by molar-refractivity contribution is 6.31. The van der Waals surface area contributed by atoms with Crippen LogP contribution in [0.15, 0.2) is 48.5 Å². The van der Waals surface area contributed by atoms with E-state index in [1.165, 1.54) is 4.90 Å². The Morgan fingerprint density at radius 1 is 1.17 bits per heavy atom. The molecule has 2 amide bonds. The van der Waals surface area contributed by atoms with Gasteiger partial charge in [-0.1, -0.05) is 48.0 Å². The van der Waals surface area contributed by atoms with Crippen LogP contribution in [0, 0.1) is 0 Å². The fraction of sp³-hybridized carbons (Fsp3) is 0.222. The third-order valence-electron chi connectivity index (χ3n) is 4.01. The van der Waals surface area contributed by atoms with Crippen molar-refractivity contribution >= 4 is 29.1 Å². The van der Waals surface area contributed by atoms with Gasteiger partial charge in [-0.3, -0.25) is 14.5 Å². The molecule has 0 saturated carbocycles. The lowest BCUT2D eigenvalue weighted by Crippen LogP contribution is -2.47. The topological polar surface area (TPSA) is 72.6 Å². The van der Waals surface area contributed by atoms with Crippen LogP contribution in [0.2, 0.25) is 5.02 Å². The highest BCUT2D eigenvalue weighted by Crippen LogP contribution is 2.32. The molecule has 2 aromatic carbocycles. The molecule has 6 heteroatoms. The standard InChI is InChI=1S/C18H17ClN2O3/c19-14-7-3-1-6-13(14)10-24-11-17(22)21-15-8-4-2-5-12(15)9-16(21)18(20)23/h1-8,16H,9-11H2,(H2,20,23)/t16-/m0/s1. The van der Waals surface area contributed by atoms with Crippen LogP contribution in [0.3, 0.4) is 0 Å². The largest absolute Gasteiger partial charge is 0.368 e. The van der Waals surface area contributed by atoms with Crippen molar-refractivity contribution in [1.82, 2.24) is 0 Å². The van der Waals surface area contributed by atoms with Crippen LogP contribution in [0.1, 0.15) is 11.1 Å². The maximum absolute atomic E-state index is 12.6. The summed E-state index contributed by atoms with van der Waals surface area (Å²) in [6.45, 7) is 0.0749. The second kappa shape index (κ2) is 7.03. The zero-order valence-corrected chi connectivity index (χ0v) is 13.7. The van der Waals surface area contributed by atoms with Crippen LogP contribution < -0.4 is 10.6 Å². The smallest absolute Gasteiger partial charge is 0.253 e. The molecule has 0 aromatic heterocycles. The van der Waals surface area contributed by atoms with Crippen LogP contribution >= 0.6 is 11.6 Å². The van der Waals surface area contributed by atoms with Gasteiger partial charge in [0.1, 0.15) is 12.6 Å². The molecule has 0 aliphatic carbocycles. The number of para-hydroxylation sites is 1. The number of primary amides is 1. The number of hydrogen-bond acceptors (Lipinski definition) is 3. The van der Waals surface area contributed by atoms with Gasteiger partial charge in [0, 0.05) is 17.1 Å². The van der Waals surface area contributed by atoms with Crippen molar-refractivity contribution in [2.24, 2.45) is 5.73 Å². The molecule has 124 valence electrons. The Bertz CT molecular complexity index is 778. The van der Waals surface area contributed by atoms with E-state index in [0.29, 0.717) is 17.1 Å². The molecule has 1 atom stereocenters. The highest BCUT2D eigenvalue weighted by atomic mass is 35.5. The van der Waals surface area contributed by atoms with Crippen LogP contribution in [0.25, 0.3) is 0 Å². The van der Waals surface area contributed by atoms with Crippen molar-refractivity contribution in [2.75, 3.05) is 11.5 Å². The van der Waals surface area contributed by atoms with Gasteiger partial charge in [-0.15, -0.1) is 0 Å². The number of carbonyl (C=O) groups is 2. The lowest BCUT2D eigenvalue weighted by molar-refractivity contribution is -0.127. The van der Waals surface area contributed by atoms with Crippen molar-refractivity contribution in [1.29, 1.82) is 0 Å². The van der Waals surface area contributed by atoms with E-state index in [1.807, 2.05) is 42.5 Å². The molecule has 2 aromatic rings. The fourth-order valence-electron chi connectivity index (χ4n) is 2.86. The Balaban J connectivity index is 1.69. The second-order valence-corrected chi connectivity index (χ2v) is 6.01. The third kappa shape index (κ3) is 3.27. The number of carbonyl (C=O) groups excluding carboxylic acids is 2. The van der Waals surface area contributed by atoms with Crippen LogP contribution in [0.5, 0.6) is 0 Å². The molecule has 0 fully saturated rings. The summed E-state index contributed by atoms with van der Waals surface area (Å²) in [7, 11) is 0. The second-order valence-electron chi connectivity index (χ2n) is 5.60. The number of benzene rings is 2. The summed E-state index contributed by atoms with van der Waals surface area (Å²) >= 11 is 6.06. The number of ether oxygens (including phenoxy) is 1. The Morgan fingerprint density at radius 3 is 2.62 bits per heavy atom. The van der Waals surface area contributed by atoms with E-state index in [1.54, 1.807) is 6.07 Å². The zero-order valence-electron chi connectivity index (χ0n) is 12.9. The number of hydrogen-bond donors (Lipinski definition) is 1. The monoisotopic (exact) mass is 344 g/mol. The van der Waals surface area contributed by atoms with Gasteiger partial charge >= 0.3 is 0 Å². The fourth-order valence-corrected chi connectivity index (χ4v) is 3.05. The minimum absolute atomic E-state index is 0.149. The van der Waals surface area contributed by atoms with Crippen molar-refractivity contribution < 1.29 is 14.3 Å². The summed E-state index contributed by atoms with van der Waals surface area (Å²) in [5, 5.41) is 0.589. The van der Waals surface area contributed by atoms with Gasteiger partial charge in [0.2, 0.25) is 5.91 Å². The minimum atomic E-state index is -0.668. The molecule has 0 radical (unpaired) electrons. The lowest BCUT2D eigenvalue weighted by Gasteiger charge is -2.23. The average Bonchev–Trinajstić information content (AvgIpc) is 2.96. The van der Waals surface area contributed by atoms with Gasteiger partial charge in [0.25, 0.3) is 5.91 Å². The Kier molecular flexibility index (Phi) is 4.83. The molecule has 0 unspecified atom stereocenters. The Hall–Kier alpha value is -2.37. The predicted molar refractivity (Wildman–Crippen MR) is 91.7 cm³/mol. The summed E-state index contributed by atoms with van der Waals surface area (Å²) in [5.41, 5.74) is 7.91. The number of rotatable bonds is 5. The number of nitrogens with two attached hydrogens (primary N) is 1. The van der Waals surface area contributed by atoms with E-state index in [4.69, 9.17) is 22.1 Å². The number of amides is 2. The third-order valence-corrected chi connectivity index (χ3v) is 4.38. The number of halogens is 1. The molecule has 0 bridgehead atoms. The quantitative estimate of drug-likeness (QED) is 0.904. The van der Waals surface area contributed by atoms with Gasteiger partial charge in [0.15, 0.2) is 0 Å². The summed E-state index contributed by atoms with van der Waals surface area (Å²) in [5.74, 6) is -0.818. The van der Waals surface area contributed by atoms with E-state index >= 15 is 0 Å². The number of anilines is 1. The number of fused-ring (bicyclic) bond motifs is 1. The maximum atomic E-state index is 12.6. The molecule has 1 aliphatic rings. The summed E-state index contributed by atoms with van der Waals surface area (Å²) < 4.78 is 5.49. The molecule has 5 nitrogen and oxygen atoms in total. The van der Waals surface area contributed by atoms with Crippen molar-refractivity contribution in [2.45, 2.75) is 19.1 Å². The van der Waals surface area contributed by atoms with Gasteiger partial charge in [-0.2, -0.15) is 0 Å². The summed E-state index contributed by atoms with van der Waals surface area (Å²) in [6.07, 6.45) is 0.432. The SMILES string of the molecule is NC(=O)[C@@H]1Cc2ccccc2N1C(=O)COCc1ccccc1Cl.